The summed E-state index contributed by atoms with van der Waals surface area (Å²) < 4.78 is 26.9. The monoisotopic (exact) mass is 350 g/mol. The quantitative estimate of drug-likeness (QED) is 0.630. The molecule has 18 heavy (non-hydrogen) atoms. The molecule has 1 aromatic carbocycles. The van der Waals surface area contributed by atoms with Gasteiger partial charge in [-0.1, -0.05) is 6.07 Å². The topological polar surface area (TPSA) is 0 Å². The predicted octanol–water partition coefficient (Wildman–Crippen LogP) is 5.62. The average Bonchev–Trinajstić information content (AvgIpc) is 2.63. The third kappa shape index (κ3) is 3.11. The van der Waals surface area contributed by atoms with Crippen molar-refractivity contribution in [3.63, 3.8) is 0 Å². The molecule has 0 amide bonds. The molecular weight excluding hydrogens is 342 g/mol. The highest BCUT2D eigenvalue weighted by atomic mass is 79.9. The summed E-state index contributed by atoms with van der Waals surface area (Å²) >= 11 is 11.4. The van der Waals surface area contributed by atoms with Gasteiger partial charge in [-0.15, -0.1) is 22.9 Å². The molecule has 0 saturated carbocycles. The normalized spacial score (nSPS) is 12.7. The molecule has 0 N–H and O–H groups in total. The van der Waals surface area contributed by atoms with Crippen molar-refractivity contribution in [2.75, 3.05) is 0 Å². The summed E-state index contributed by atoms with van der Waals surface area (Å²) in [7, 11) is 0. The summed E-state index contributed by atoms with van der Waals surface area (Å²) in [4.78, 5) is 2.17. The highest BCUT2D eigenvalue weighted by Crippen LogP contribution is 2.37. The minimum atomic E-state index is -0.835. The van der Waals surface area contributed by atoms with E-state index in [2.05, 4.69) is 15.9 Å². The average molecular weight is 352 g/mol. The Kier molecular flexibility index (Phi) is 4.41. The molecular formula is C13H10BrClF2S. The summed E-state index contributed by atoms with van der Waals surface area (Å²) in [5.41, 5.74) is 0.687. The van der Waals surface area contributed by atoms with E-state index in [4.69, 9.17) is 11.6 Å². The van der Waals surface area contributed by atoms with Crippen LogP contribution in [-0.2, 0) is 6.42 Å². The van der Waals surface area contributed by atoms with Gasteiger partial charge in [-0.3, -0.25) is 0 Å². The number of hydrogen-bond acceptors (Lipinski definition) is 1. The standard InChI is InChI=1S/C13H10BrClF2S/c1-7-4-9(14)13(18-7)10(15)5-8-2-3-11(16)12(17)6-8/h2-4,6,10H,5H2,1H3. The Balaban J connectivity index is 2.18. The molecule has 0 aliphatic rings. The molecule has 0 saturated heterocycles. The summed E-state index contributed by atoms with van der Waals surface area (Å²) in [6.45, 7) is 2.00. The van der Waals surface area contributed by atoms with E-state index in [1.54, 1.807) is 17.4 Å². The first-order valence-electron chi connectivity index (χ1n) is 5.31. The van der Waals surface area contributed by atoms with Gasteiger partial charge in [0.1, 0.15) is 0 Å². The molecule has 0 nitrogen and oxygen atoms in total. The lowest BCUT2D eigenvalue weighted by Crippen LogP contribution is -1.96. The van der Waals surface area contributed by atoms with Crippen LogP contribution in [0.1, 0.15) is 20.7 Å². The van der Waals surface area contributed by atoms with E-state index < -0.39 is 11.6 Å². The smallest absolute Gasteiger partial charge is 0.159 e. The number of aryl methyl sites for hydroxylation is 1. The van der Waals surface area contributed by atoms with E-state index in [-0.39, 0.29) is 5.38 Å². The fourth-order valence-electron chi connectivity index (χ4n) is 1.68. The van der Waals surface area contributed by atoms with E-state index in [1.165, 1.54) is 6.07 Å². The van der Waals surface area contributed by atoms with Crippen LogP contribution < -0.4 is 0 Å². The van der Waals surface area contributed by atoms with Gasteiger partial charge in [0.15, 0.2) is 11.6 Å². The first kappa shape index (κ1) is 14.0. The molecule has 1 atom stereocenters. The van der Waals surface area contributed by atoms with Crippen LogP contribution >= 0.6 is 38.9 Å². The Morgan fingerprint density at radius 2 is 2.00 bits per heavy atom. The molecule has 0 radical (unpaired) electrons. The maximum Gasteiger partial charge on any atom is 0.159 e. The van der Waals surface area contributed by atoms with Crippen molar-refractivity contribution in [1.82, 2.24) is 0 Å². The van der Waals surface area contributed by atoms with Gasteiger partial charge < -0.3 is 0 Å². The largest absolute Gasteiger partial charge is 0.204 e. The number of alkyl halides is 1. The zero-order valence-corrected chi connectivity index (χ0v) is 12.7. The van der Waals surface area contributed by atoms with Gasteiger partial charge in [-0.05, 0) is 53.0 Å². The summed E-state index contributed by atoms with van der Waals surface area (Å²) in [6, 6.07) is 5.88. The summed E-state index contributed by atoms with van der Waals surface area (Å²) in [5, 5.41) is -0.247. The maximum atomic E-state index is 13.1. The van der Waals surface area contributed by atoms with Gasteiger partial charge >= 0.3 is 0 Å². The highest BCUT2D eigenvalue weighted by molar-refractivity contribution is 9.10. The fraction of sp³-hybridized carbons (Fsp3) is 0.231. The van der Waals surface area contributed by atoms with Crippen LogP contribution in [0, 0.1) is 18.6 Å². The van der Waals surface area contributed by atoms with E-state index in [0.29, 0.717) is 12.0 Å². The van der Waals surface area contributed by atoms with E-state index in [0.717, 1.165) is 20.3 Å². The minimum absolute atomic E-state index is 0.247. The van der Waals surface area contributed by atoms with Gasteiger partial charge in [0.25, 0.3) is 0 Å². The Bertz CT molecular complexity index is 568. The Hall–Kier alpha value is -0.450. The number of hydrogen-bond donors (Lipinski definition) is 0. The molecule has 0 bridgehead atoms. The van der Waals surface area contributed by atoms with Crippen LogP contribution in [0.15, 0.2) is 28.7 Å². The molecule has 1 heterocycles. The lowest BCUT2D eigenvalue weighted by atomic mass is 10.1. The molecule has 2 rings (SSSR count). The van der Waals surface area contributed by atoms with Gasteiger partial charge in [0.2, 0.25) is 0 Å². The third-order valence-electron chi connectivity index (χ3n) is 2.52. The van der Waals surface area contributed by atoms with Crippen molar-refractivity contribution in [3.8, 4) is 0 Å². The van der Waals surface area contributed by atoms with Crippen LogP contribution in [-0.4, -0.2) is 0 Å². The Morgan fingerprint density at radius 1 is 1.28 bits per heavy atom. The molecule has 1 aromatic heterocycles. The van der Waals surface area contributed by atoms with Crippen molar-refractivity contribution in [2.45, 2.75) is 18.7 Å². The van der Waals surface area contributed by atoms with Crippen LogP contribution in [0.4, 0.5) is 8.78 Å². The summed E-state index contributed by atoms with van der Waals surface area (Å²) in [5.74, 6) is -1.67. The van der Waals surface area contributed by atoms with E-state index in [9.17, 15) is 8.78 Å². The van der Waals surface area contributed by atoms with Gasteiger partial charge in [-0.2, -0.15) is 0 Å². The molecule has 5 heteroatoms. The highest BCUT2D eigenvalue weighted by Gasteiger charge is 2.16. The van der Waals surface area contributed by atoms with Crippen LogP contribution in [0.5, 0.6) is 0 Å². The van der Waals surface area contributed by atoms with Crippen molar-refractivity contribution in [3.05, 3.63) is 55.7 Å². The van der Waals surface area contributed by atoms with Gasteiger partial charge in [-0.25, -0.2) is 8.78 Å². The van der Waals surface area contributed by atoms with Crippen molar-refractivity contribution >= 4 is 38.9 Å². The van der Waals surface area contributed by atoms with E-state index >= 15 is 0 Å². The maximum absolute atomic E-state index is 13.1. The Labute approximate surface area is 122 Å². The molecule has 0 aliphatic carbocycles. The first-order chi connectivity index (χ1) is 8.47. The number of thiophene rings is 1. The van der Waals surface area contributed by atoms with Crippen LogP contribution in [0.3, 0.4) is 0 Å². The molecule has 0 fully saturated rings. The lowest BCUT2D eigenvalue weighted by Gasteiger charge is -2.08. The molecule has 96 valence electrons. The second-order valence-corrected chi connectivity index (χ2v) is 6.66. The van der Waals surface area contributed by atoms with Crippen molar-refractivity contribution in [2.24, 2.45) is 0 Å². The van der Waals surface area contributed by atoms with Crippen LogP contribution in [0.2, 0.25) is 0 Å². The first-order valence-corrected chi connectivity index (χ1v) is 7.36. The van der Waals surface area contributed by atoms with Gasteiger partial charge in [0.05, 0.1) is 5.38 Å². The van der Waals surface area contributed by atoms with Gasteiger partial charge in [0, 0.05) is 14.2 Å². The van der Waals surface area contributed by atoms with Crippen LogP contribution in [0.25, 0.3) is 0 Å². The zero-order valence-electron chi connectivity index (χ0n) is 9.51. The zero-order chi connectivity index (χ0) is 13.3. The second kappa shape index (κ2) is 5.68. The third-order valence-corrected chi connectivity index (χ3v) is 5.10. The van der Waals surface area contributed by atoms with E-state index in [1.807, 2.05) is 13.0 Å². The number of halogens is 4. The number of rotatable bonds is 3. The molecule has 1 unspecified atom stereocenters. The fourth-order valence-corrected chi connectivity index (χ4v) is 4.15. The van der Waals surface area contributed by atoms with Crippen molar-refractivity contribution < 1.29 is 8.78 Å². The predicted molar refractivity (Wildman–Crippen MR) is 75.4 cm³/mol. The SMILES string of the molecule is Cc1cc(Br)c(C(Cl)Cc2ccc(F)c(F)c2)s1. The number of benzene rings is 1. The molecule has 2 aromatic rings. The molecule has 0 aliphatic heterocycles. The minimum Gasteiger partial charge on any atom is -0.204 e. The Morgan fingerprint density at radius 3 is 2.56 bits per heavy atom. The van der Waals surface area contributed by atoms with Crippen molar-refractivity contribution in [1.29, 1.82) is 0 Å². The lowest BCUT2D eigenvalue weighted by molar-refractivity contribution is 0.507. The second-order valence-electron chi connectivity index (χ2n) is 3.99. The summed E-state index contributed by atoms with van der Waals surface area (Å²) in [6.07, 6.45) is 0.470. The molecule has 0 spiro atoms.